The van der Waals surface area contributed by atoms with Crippen LogP contribution in [0.3, 0.4) is 0 Å². The Bertz CT molecular complexity index is 880. The summed E-state index contributed by atoms with van der Waals surface area (Å²) in [7, 11) is 1.62. The number of hydrogen-bond acceptors (Lipinski definition) is 5. The molecule has 0 radical (unpaired) electrons. The lowest BCUT2D eigenvalue weighted by atomic mass is 10.1. The van der Waals surface area contributed by atoms with Crippen LogP contribution < -0.4 is 15.2 Å². The van der Waals surface area contributed by atoms with Gasteiger partial charge in [0.1, 0.15) is 5.82 Å². The van der Waals surface area contributed by atoms with Crippen LogP contribution in [0.2, 0.25) is 0 Å². The van der Waals surface area contributed by atoms with Crippen LogP contribution in [-0.4, -0.2) is 23.1 Å². The van der Waals surface area contributed by atoms with Crippen molar-refractivity contribution in [3.05, 3.63) is 66.0 Å². The first kappa shape index (κ1) is 17.9. The number of aryl methyl sites for hydroxylation is 1. The van der Waals surface area contributed by atoms with Gasteiger partial charge in [0, 0.05) is 17.7 Å². The minimum atomic E-state index is 0.0874. The molecule has 0 bridgehead atoms. The van der Waals surface area contributed by atoms with Crippen molar-refractivity contribution in [3.63, 3.8) is 0 Å². The number of ether oxygens (including phenoxy) is 2. The number of nitrogens with zero attached hydrogens (tertiary/aromatic N) is 2. The van der Waals surface area contributed by atoms with Gasteiger partial charge in [-0.15, -0.1) is 0 Å². The van der Waals surface area contributed by atoms with Gasteiger partial charge in [-0.3, -0.25) is 0 Å². The second kappa shape index (κ2) is 7.97. The summed E-state index contributed by atoms with van der Waals surface area (Å²) in [5.41, 5.74) is 8.82. The summed E-state index contributed by atoms with van der Waals surface area (Å²) >= 11 is 0. The molecule has 3 rings (SSSR count). The molecule has 0 saturated carbocycles. The largest absolute Gasteiger partial charge is 0.493 e. The molecule has 1 heterocycles. The summed E-state index contributed by atoms with van der Waals surface area (Å²) in [5, 5.41) is 0. The van der Waals surface area contributed by atoms with Gasteiger partial charge in [-0.25, -0.2) is 4.98 Å². The third-order valence-corrected chi connectivity index (χ3v) is 3.88. The maximum atomic E-state index is 6.00. The second-order valence-electron chi connectivity index (χ2n) is 6.27. The monoisotopic (exact) mass is 349 g/mol. The van der Waals surface area contributed by atoms with Crippen LogP contribution in [0.4, 0.5) is 0 Å². The van der Waals surface area contributed by atoms with E-state index in [0.717, 1.165) is 23.2 Å². The van der Waals surface area contributed by atoms with Crippen LogP contribution in [0.5, 0.6) is 17.4 Å². The van der Waals surface area contributed by atoms with Gasteiger partial charge in [0.15, 0.2) is 11.5 Å². The fraction of sp³-hybridized carbons (Fsp3) is 0.238. The smallest absolute Gasteiger partial charge is 0.223 e. The summed E-state index contributed by atoms with van der Waals surface area (Å²) in [6.07, 6.45) is 0.779. The van der Waals surface area contributed by atoms with Gasteiger partial charge < -0.3 is 15.2 Å². The molecular formula is C21H23N3O2. The molecule has 2 N–H and O–H groups in total. The van der Waals surface area contributed by atoms with E-state index in [1.807, 2.05) is 68.4 Å². The maximum Gasteiger partial charge on any atom is 0.223 e. The molecule has 5 nitrogen and oxygen atoms in total. The third-order valence-electron chi connectivity index (χ3n) is 3.88. The zero-order valence-corrected chi connectivity index (χ0v) is 15.3. The topological polar surface area (TPSA) is 70.3 Å². The van der Waals surface area contributed by atoms with Crippen LogP contribution in [0, 0.1) is 6.92 Å². The zero-order valence-electron chi connectivity index (χ0n) is 15.3. The zero-order chi connectivity index (χ0) is 18.5. The van der Waals surface area contributed by atoms with E-state index in [-0.39, 0.29) is 6.04 Å². The fourth-order valence-corrected chi connectivity index (χ4v) is 2.76. The molecule has 3 aromatic rings. The quantitative estimate of drug-likeness (QED) is 0.724. The molecular weight excluding hydrogens is 326 g/mol. The predicted octanol–water partition coefficient (Wildman–Crippen LogP) is 4.14. The predicted molar refractivity (Wildman–Crippen MR) is 103 cm³/mol. The number of methoxy groups -OCH3 is 1. The van der Waals surface area contributed by atoms with E-state index >= 15 is 0 Å². The Morgan fingerprint density at radius 2 is 1.77 bits per heavy atom. The minimum Gasteiger partial charge on any atom is -0.493 e. The average molecular weight is 349 g/mol. The van der Waals surface area contributed by atoms with Crippen LogP contribution in [0.1, 0.15) is 18.3 Å². The Balaban J connectivity index is 1.90. The Labute approximate surface area is 153 Å². The lowest BCUT2D eigenvalue weighted by molar-refractivity contribution is 0.373. The van der Waals surface area contributed by atoms with E-state index in [9.17, 15) is 0 Å². The van der Waals surface area contributed by atoms with Gasteiger partial charge in [0.05, 0.1) is 12.8 Å². The molecule has 0 saturated heterocycles. The lowest BCUT2D eigenvalue weighted by Gasteiger charge is -2.13. The van der Waals surface area contributed by atoms with Crippen molar-refractivity contribution in [2.24, 2.45) is 5.73 Å². The van der Waals surface area contributed by atoms with Crippen molar-refractivity contribution >= 4 is 0 Å². The standard InChI is InChI=1S/C21H23N3O2/c1-14(22)11-16-9-10-19(20(12-16)25-3)26-21-13-18(23-15(2)24-21)17-7-5-4-6-8-17/h4-10,12-14H,11,22H2,1-3H3. The van der Waals surface area contributed by atoms with E-state index in [4.69, 9.17) is 15.2 Å². The molecule has 0 aliphatic heterocycles. The molecule has 0 aliphatic rings. The van der Waals surface area contributed by atoms with E-state index in [2.05, 4.69) is 9.97 Å². The van der Waals surface area contributed by atoms with E-state index < -0.39 is 0 Å². The molecule has 5 heteroatoms. The number of nitrogens with two attached hydrogens (primary N) is 1. The van der Waals surface area contributed by atoms with Gasteiger partial charge in [-0.2, -0.15) is 4.98 Å². The van der Waals surface area contributed by atoms with E-state index in [1.54, 1.807) is 7.11 Å². The summed E-state index contributed by atoms with van der Waals surface area (Å²) in [5.74, 6) is 2.39. The minimum absolute atomic E-state index is 0.0874. The highest BCUT2D eigenvalue weighted by atomic mass is 16.5. The average Bonchev–Trinajstić information content (AvgIpc) is 2.63. The van der Waals surface area contributed by atoms with Gasteiger partial charge in [0.25, 0.3) is 0 Å². The molecule has 0 spiro atoms. The van der Waals surface area contributed by atoms with Crippen LogP contribution in [-0.2, 0) is 6.42 Å². The Morgan fingerprint density at radius 3 is 2.46 bits per heavy atom. The van der Waals surface area contributed by atoms with Crippen LogP contribution >= 0.6 is 0 Å². The normalized spacial score (nSPS) is 11.8. The molecule has 0 fully saturated rings. The van der Waals surface area contributed by atoms with Crippen molar-refractivity contribution < 1.29 is 9.47 Å². The molecule has 0 amide bonds. The molecule has 134 valence electrons. The van der Waals surface area contributed by atoms with Crippen LogP contribution in [0.15, 0.2) is 54.6 Å². The van der Waals surface area contributed by atoms with Crippen molar-refractivity contribution in [2.75, 3.05) is 7.11 Å². The number of aromatic nitrogens is 2. The molecule has 1 aromatic heterocycles. The molecule has 26 heavy (non-hydrogen) atoms. The molecule has 2 aromatic carbocycles. The summed E-state index contributed by atoms with van der Waals surface area (Å²) in [6.45, 7) is 3.83. The van der Waals surface area contributed by atoms with Gasteiger partial charge >= 0.3 is 0 Å². The van der Waals surface area contributed by atoms with Crippen LogP contribution in [0.25, 0.3) is 11.3 Å². The highest BCUT2D eigenvalue weighted by molar-refractivity contribution is 5.60. The Morgan fingerprint density at radius 1 is 1.00 bits per heavy atom. The molecule has 0 aliphatic carbocycles. The number of benzene rings is 2. The second-order valence-corrected chi connectivity index (χ2v) is 6.27. The maximum absolute atomic E-state index is 6.00. The molecule has 1 unspecified atom stereocenters. The highest BCUT2D eigenvalue weighted by Crippen LogP contribution is 2.33. The lowest BCUT2D eigenvalue weighted by Crippen LogP contribution is -2.17. The van der Waals surface area contributed by atoms with E-state index in [1.165, 1.54) is 0 Å². The summed E-state index contributed by atoms with van der Waals surface area (Å²) in [4.78, 5) is 8.89. The van der Waals surface area contributed by atoms with E-state index in [0.29, 0.717) is 23.2 Å². The van der Waals surface area contributed by atoms with Gasteiger partial charge in [-0.05, 0) is 38.0 Å². The SMILES string of the molecule is COc1cc(CC(C)N)ccc1Oc1cc(-c2ccccc2)nc(C)n1. The Kier molecular flexibility index (Phi) is 5.49. The van der Waals surface area contributed by atoms with Crippen molar-refractivity contribution in [2.45, 2.75) is 26.3 Å². The third kappa shape index (κ3) is 4.37. The van der Waals surface area contributed by atoms with Crippen molar-refractivity contribution in [3.8, 4) is 28.6 Å². The van der Waals surface area contributed by atoms with Crippen molar-refractivity contribution in [1.82, 2.24) is 9.97 Å². The van der Waals surface area contributed by atoms with Gasteiger partial charge in [-0.1, -0.05) is 36.4 Å². The summed E-state index contributed by atoms with van der Waals surface area (Å²) in [6, 6.07) is 17.7. The number of rotatable bonds is 6. The number of hydrogen-bond donors (Lipinski definition) is 1. The first-order chi connectivity index (χ1) is 12.5. The molecule has 1 atom stereocenters. The summed E-state index contributed by atoms with van der Waals surface area (Å²) < 4.78 is 11.5. The van der Waals surface area contributed by atoms with Gasteiger partial charge in [0.2, 0.25) is 5.88 Å². The Hall–Kier alpha value is -2.92. The van der Waals surface area contributed by atoms with Crippen molar-refractivity contribution in [1.29, 1.82) is 0 Å². The highest BCUT2D eigenvalue weighted by Gasteiger charge is 2.11. The first-order valence-electron chi connectivity index (χ1n) is 8.56. The fourth-order valence-electron chi connectivity index (χ4n) is 2.76. The first-order valence-corrected chi connectivity index (χ1v) is 8.56.